The normalized spacial score (nSPS) is 14.3. The summed E-state index contributed by atoms with van der Waals surface area (Å²) in [7, 11) is 0. The van der Waals surface area contributed by atoms with E-state index in [1.807, 2.05) is 0 Å². The zero-order valence-corrected chi connectivity index (χ0v) is 46.0. The summed E-state index contributed by atoms with van der Waals surface area (Å²) >= 11 is 0. The molecule has 1 aliphatic carbocycles. The van der Waals surface area contributed by atoms with Gasteiger partial charge in [-0.15, -0.1) is 0 Å². The van der Waals surface area contributed by atoms with Crippen molar-refractivity contribution in [1.29, 1.82) is 0 Å². The smallest absolute Gasteiger partial charge is 0.156 e. The fourth-order valence-electron chi connectivity index (χ4n) is 13.8. The van der Waals surface area contributed by atoms with Crippen LogP contribution in [0.15, 0.2) is 255 Å². The quantitative estimate of drug-likeness (QED) is 0.166. The topological polar surface area (TPSA) is 26.6 Å². The summed E-state index contributed by atoms with van der Waals surface area (Å²) < 4.78 is 17.1. The number of ether oxygens (including phenoxy) is 2. The number of nitrogens with zero attached hydrogens (tertiary/aromatic N) is 2. The number of hydrogen-bond donors (Lipinski definition) is 0. The first-order chi connectivity index (χ1) is 38.9. The monoisotopic (exact) mass is 1030 g/mol. The zero-order chi connectivity index (χ0) is 54.1. The van der Waals surface area contributed by atoms with Gasteiger partial charge in [-0.1, -0.05) is 230 Å². The second-order valence-corrected chi connectivity index (χ2v) is 24.0. The first-order valence-electron chi connectivity index (χ1n) is 28.1. The number of benzene rings is 11. The molecule has 0 fully saturated rings. The minimum Gasteiger partial charge on any atom is -0.457 e. The van der Waals surface area contributed by atoms with Gasteiger partial charge >= 0.3 is 0 Å². The first kappa shape index (κ1) is 47.8. The predicted octanol–water partition coefficient (Wildman–Crippen LogP) is 19.8. The van der Waals surface area contributed by atoms with Crippen LogP contribution in [0.4, 0.5) is 17.1 Å². The molecule has 1 aromatic heterocycles. The molecule has 3 heterocycles. The molecule has 0 amide bonds. The lowest BCUT2D eigenvalue weighted by molar-refractivity contribution is 0.434. The van der Waals surface area contributed by atoms with Crippen LogP contribution < -0.4 is 14.4 Å². The van der Waals surface area contributed by atoms with Gasteiger partial charge in [-0.2, -0.15) is 0 Å². The lowest BCUT2D eigenvalue weighted by Gasteiger charge is -2.43. The van der Waals surface area contributed by atoms with Gasteiger partial charge in [0.05, 0.1) is 27.6 Å². The van der Waals surface area contributed by atoms with E-state index in [1.54, 1.807) is 0 Å². The molecule has 12 aromatic rings. The van der Waals surface area contributed by atoms with E-state index >= 15 is 0 Å². The summed E-state index contributed by atoms with van der Waals surface area (Å²) in [6, 6.07) is 93.9. The molecule has 0 unspecified atom stereocenters. The molecule has 0 saturated carbocycles. The van der Waals surface area contributed by atoms with E-state index in [4.69, 9.17) is 9.47 Å². The van der Waals surface area contributed by atoms with Gasteiger partial charge in [-0.25, -0.2) is 0 Å². The molecular weight excluding hydrogens is 973 g/mol. The van der Waals surface area contributed by atoms with Crippen LogP contribution in [0, 0.1) is 0 Å². The Bertz CT molecular complexity index is 4300. The van der Waals surface area contributed by atoms with Crippen LogP contribution >= 0.6 is 0 Å². The summed E-state index contributed by atoms with van der Waals surface area (Å²) in [5.74, 6) is 3.30. The highest BCUT2D eigenvalue weighted by molar-refractivity contribution is 6.09. The number of aromatic nitrogens is 1. The number of fused-ring (bicyclic) bond motifs is 14. The molecule has 1 spiro atoms. The molecule has 3 aliphatic rings. The van der Waals surface area contributed by atoms with Crippen molar-refractivity contribution in [3.05, 3.63) is 310 Å². The maximum atomic E-state index is 7.63. The van der Waals surface area contributed by atoms with Gasteiger partial charge in [0, 0.05) is 50.1 Å². The van der Waals surface area contributed by atoms with E-state index in [0.29, 0.717) is 0 Å². The predicted molar refractivity (Wildman–Crippen MR) is 329 cm³/mol. The Hall–Kier alpha value is -9.38. The SMILES string of the molecule is CC(C)(C)c1ccc2c(c1)C1(c3ccccc3Oc3c(N(c4cccc(-n5c6ccccc6c6ccccc65)c4)c4ccc5c(c4)C(c4ccccc4)(c4ccccc4)c4ccccc4O5)cccc31)c1cc(C(C)(C)C)ccc1-2. The Morgan fingerprint density at radius 3 is 1.44 bits per heavy atom. The highest BCUT2D eigenvalue weighted by atomic mass is 16.5. The van der Waals surface area contributed by atoms with Gasteiger partial charge in [-0.3, -0.25) is 0 Å². The van der Waals surface area contributed by atoms with Crippen molar-refractivity contribution in [1.82, 2.24) is 4.57 Å². The Balaban J connectivity index is 1.05. The van der Waals surface area contributed by atoms with Crippen molar-refractivity contribution in [2.45, 2.75) is 63.2 Å². The third kappa shape index (κ3) is 6.88. The fourth-order valence-corrected chi connectivity index (χ4v) is 13.8. The average molecular weight is 1030 g/mol. The van der Waals surface area contributed by atoms with Crippen LogP contribution in [0.1, 0.15) is 97.2 Å². The van der Waals surface area contributed by atoms with Gasteiger partial charge in [0.15, 0.2) is 5.75 Å². The van der Waals surface area contributed by atoms with Crippen molar-refractivity contribution in [3.8, 4) is 39.8 Å². The van der Waals surface area contributed by atoms with Crippen molar-refractivity contribution in [2.75, 3.05) is 4.90 Å². The van der Waals surface area contributed by atoms with E-state index in [2.05, 4.69) is 306 Å². The summed E-state index contributed by atoms with van der Waals surface area (Å²) in [4.78, 5) is 2.44. The van der Waals surface area contributed by atoms with E-state index in [0.717, 1.165) is 90.2 Å². The Morgan fingerprint density at radius 1 is 0.350 bits per heavy atom. The maximum Gasteiger partial charge on any atom is 0.156 e. The van der Waals surface area contributed by atoms with Crippen LogP contribution in [0.25, 0.3) is 38.6 Å². The van der Waals surface area contributed by atoms with Crippen molar-refractivity contribution in [3.63, 3.8) is 0 Å². The minimum absolute atomic E-state index is 0.0967. The van der Waals surface area contributed by atoms with E-state index in [1.165, 1.54) is 44.2 Å². The van der Waals surface area contributed by atoms with E-state index in [-0.39, 0.29) is 10.8 Å². The largest absolute Gasteiger partial charge is 0.457 e. The number of rotatable bonds is 6. The van der Waals surface area contributed by atoms with E-state index < -0.39 is 10.8 Å². The Kier molecular flexibility index (Phi) is 10.5. The van der Waals surface area contributed by atoms with Crippen molar-refractivity contribution >= 4 is 38.9 Å². The molecule has 15 rings (SSSR count). The molecule has 4 nitrogen and oxygen atoms in total. The Labute approximate surface area is 468 Å². The highest BCUT2D eigenvalue weighted by Gasteiger charge is 2.53. The fraction of sp³-hybridized carbons (Fsp3) is 0.132. The lowest BCUT2D eigenvalue weighted by Crippen LogP contribution is -2.34. The summed E-state index contributed by atoms with van der Waals surface area (Å²) in [6.45, 7) is 13.9. The van der Waals surface area contributed by atoms with Crippen LogP contribution in [0.2, 0.25) is 0 Å². The molecule has 11 aromatic carbocycles. The molecule has 80 heavy (non-hydrogen) atoms. The maximum absolute atomic E-state index is 7.63. The third-order valence-electron chi connectivity index (χ3n) is 17.5. The van der Waals surface area contributed by atoms with Gasteiger partial charge in [0.25, 0.3) is 0 Å². The second kappa shape index (κ2) is 17.6. The molecule has 0 atom stereocenters. The average Bonchev–Trinajstić information content (AvgIpc) is 2.39. The van der Waals surface area contributed by atoms with Crippen molar-refractivity contribution in [2.24, 2.45) is 0 Å². The third-order valence-corrected chi connectivity index (χ3v) is 17.5. The lowest BCUT2D eigenvalue weighted by atomic mass is 9.63. The van der Waals surface area contributed by atoms with Crippen LogP contribution in [-0.4, -0.2) is 4.57 Å². The second-order valence-electron chi connectivity index (χ2n) is 24.0. The van der Waals surface area contributed by atoms with Gasteiger partial charge < -0.3 is 18.9 Å². The molecular formula is C76H60N2O2. The van der Waals surface area contributed by atoms with Gasteiger partial charge in [0.1, 0.15) is 17.2 Å². The summed E-state index contributed by atoms with van der Waals surface area (Å²) in [6.07, 6.45) is 0. The minimum atomic E-state index is -0.748. The van der Waals surface area contributed by atoms with Crippen LogP contribution in [0.5, 0.6) is 23.0 Å². The molecule has 2 aliphatic heterocycles. The highest BCUT2D eigenvalue weighted by Crippen LogP contribution is 2.65. The number of anilines is 3. The van der Waals surface area contributed by atoms with Gasteiger partial charge in [-0.05, 0) is 122 Å². The van der Waals surface area contributed by atoms with Crippen LogP contribution in [-0.2, 0) is 21.7 Å². The molecule has 386 valence electrons. The molecule has 4 heteroatoms. The van der Waals surface area contributed by atoms with Crippen molar-refractivity contribution < 1.29 is 9.47 Å². The zero-order valence-electron chi connectivity index (χ0n) is 46.0. The molecule has 0 bridgehead atoms. The first-order valence-corrected chi connectivity index (χ1v) is 28.1. The number of hydrogen-bond acceptors (Lipinski definition) is 3. The van der Waals surface area contributed by atoms with Crippen LogP contribution in [0.3, 0.4) is 0 Å². The summed E-state index contributed by atoms with van der Waals surface area (Å²) in [5.41, 5.74) is 18.9. The Morgan fingerprint density at radius 2 is 0.838 bits per heavy atom. The van der Waals surface area contributed by atoms with Gasteiger partial charge in [0.2, 0.25) is 0 Å². The molecule has 0 radical (unpaired) electrons. The number of para-hydroxylation sites is 5. The summed E-state index contributed by atoms with van der Waals surface area (Å²) in [5, 5.41) is 2.43. The van der Waals surface area contributed by atoms with E-state index in [9.17, 15) is 0 Å². The molecule has 0 saturated heterocycles. The molecule has 0 N–H and O–H groups in total. The standard InChI is InChI=1S/C76H60N2O2/c1-73(2,3)51-39-42-56-57-43-40-52(74(4,5)6)46-64(57)76(63(56)45-51)61-32-16-20-38-70(61)80-72-62(76)33-22-36-68(72)77(53-27-21-28-54(47-53)78-66-34-17-13-29-58(66)59-30-14-18-35-67(59)78)55-41-44-71-65(48-55)75(49-23-9-7-10-24-49,50-25-11-8-12-26-50)60-31-15-19-37-69(60)79-71/h7-48H,1-6H3.